The van der Waals surface area contributed by atoms with Crippen LogP contribution in [0.1, 0.15) is 0 Å². The molecule has 0 aliphatic rings. The number of imidazole rings is 2. The van der Waals surface area contributed by atoms with Crippen LogP contribution in [-0.4, -0.2) is 14.0 Å². The fraction of sp³-hybridized carbons (Fsp3) is 0.167. The summed E-state index contributed by atoms with van der Waals surface area (Å²) in [5, 5.41) is 0. The second kappa shape index (κ2) is 1.37. The summed E-state index contributed by atoms with van der Waals surface area (Å²) < 4.78 is 3.99. The van der Waals surface area contributed by atoms with Crippen molar-refractivity contribution in [2.45, 2.75) is 0 Å². The van der Waals surface area contributed by atoms with Crippen LogP contribution < -0.4 is 0 Å². The number of nitrogens with zero attached hydrogens (tertiary/aromatic N) is 3. The molecule has 0 radical (unpaired) electrons. The van der Waals surface area contributed by atoms with Gasteiger partial charge in [0.1, 0.15) is 12.0 Å². The Morgan fingerprint density at radius 2 is 2.33 bits per heavy atom. The lowest BCUT2D eigenvalue weighted by Gasteiger charge is -1.85. The molecular weight excluding hydrogens is 114 g/mol. The van der Waals surface area contributed by atoms with Crippen LogP contribution in [0.25, 0.3) is 5.65 Å². The van der Waals surface area contributed by atoms with E-state index >= 15 is 0 Å². The van der Waals surface area contributed by atoms with Gasteiger partial charge in [0.15, 0.2) is 0 Å². The molecule has 2 aromatic heterocycles. The number of aryl methyl sites for hydroxylation is 1. The van der Waals surface area contributed by atoms with Crippen molar-refractivity contribution in [1.82, 2.24) is 14.0 Å². The smallest absolute Gasteiger partial charge is 0.136 e. The summed E-state index contributed by atoms with van der Waals surface area (Å²) in [4.78, 5) is 3.96. The highest BCUT2D eigenvalue weighted by Crippen LogP contribution is 1.99. The van der Waals surface area contributed by atoms with Crippen LogP contribution >= 0.6 is 0 Å². The van der Waals surface area contributed by atoms with Gasteiger partial charge in [0.2, 0.25) is 0 Å². The normalized spacial score (nSPS) is 10.8. The maximum absolute atomic E-state index is 3.96. The maximum Gasteiger partial charge on any atom is 0.136 e. The Morgan fingerprint density at radius 1 is 1.44 bits per heavy atom. The molecule has 3 nitrogen and oxygen atoms in total. The summed E-state index contributed by atoms with van der Waals surface area (Å²) in [6, 6.07) is 0. The Balaban J connectivity index is 2.99. The van der Waals surface area contributed by atoms with E-state index in [0.717, 1.165) is 5.65 Å². The van der Waals surface area contributed by atoms with Crippen LogP contribution in [0, 0.1) is 0 Å². The lowest BCUT2D eigenvalue weighted by Crippen LogP contribution is -1.82. The molecule has 2 aromatic rings. The molecule has 0 fully saturated rings. The van der Waals surface area contributed by atoms with Crippen LogP contribution in [0.2, 0.25) is 0 Å². The highest BCUT2D eigenvalue weighted by Gasteiger charge is 1.92. The van der Waals surface area contributed by atoms with E-state index in [9.17, 15) is 0 Å². The molecular formula is C6H7N3. The van der Waals surface area contributed by atoms with E-state index in [-0.39, 0.29) is 0 Å². The van der Waals surface area contributed by atoms with Gasteiger partial charge in [-0.1, -0.05) is 0 Å². The van der Waals surface area contributed by atoms with Gasteiger partial charge in [0.25, 0.3) is 0 Å². The van der Waals surface area contributed by atoms with Crippen LogP contribution in [0.4, 0.5) is 0 Å². The van der Waals surface area contributed by atoms with E-state index in [4.69, 9.17) is 0 Å². The number of fused-ring (bicyclic) bond motifs is 1. The SMILES string of the molecule is Cn1ccn2cncc12. The molecule has 0 aromatic carbocycles. The van der Waals surface area contributed by atoms with Gasteiger partial charge in [0, 0.05) is 19.4 Å². The van der Waals surface area contributed by atoms with E-state index in [2.05, 4.69) is 4.98 Å². The average molecular weight is 121 g/mol. The molecule has 0 aliphatic heterocycles. The first-order valence-corrected chi connectivity index (χ1v) is 2.81. The lowest BCUT2D eigenvalue weighted by atomic mass is 10.8. The van der Waals surface area contributed by atoms with E-state index in [1.165, 1.54) is 0 Å². The summed E-state index contributed by atoms with van der Waals surface area (Å²) in [7, 11) is 2.00. The molecule has 0 unspecified atom stereocenters. The molecule has 0 saturated heterocycles. The van der Waals surface area contributed by atoms with Gasteiger partial charge in [-0.15, -0.1) is 0 Å². The third kappa shape index (κ3) is 0.483. The lowest BCUT2D eigenvalue weighted by molar-refractivity contribution is 0.958. The summed E-state index contributed by atoms with van der Waals surface area (Å²) in [6.07, 6.45) is 7.59. The van der Waals surface area contributed by atoms with E-state index in [0.29, 0.717) is 0 Å². The van der Waals surface area contributed by atoms with Gasteiger partial charge < -0.3 is 4.57 Å². The van der Waals surface area contributed by atoms with Crippen molar-refractivity contribution < 1.29 is 0 Å². The quantitative estimate of drug-likeness (QED) is 0.502. The van der Waals surface area contributed by atoms with Gasteiger partial charge in [-0.05, 0) is 0 Å². The van der Waals surface area contributed by atoms with Crippen LogP contribution in [0.3, 0.4) is 0 Å². The topological polar surface area (TPSA) is 22.2 Å². The van der Waals surface area contributed by atoms with Crippen molar-refractivity contribution in [3.05, 3.63) is 24.9 Å². The standard InChI is InChI=1S/C6H7N3/c1-8-2-3-9-5-7-4-6(8)9/h2-5H,1H3. The predicted octanol–water partition coefficient (Wildman–Crippen LogP) is 0.673. The Hall–Kier alpha value is -1.25. The Bertz CT molecular complexity index is 317. The van der Waals surface area contributed by atoms with Crippen molar-refractivity contribution in [2.24, 2.45) is 7.05 Å². The van der Waals surface area contributed by atoms with Crippen LogP contribution in [0.5, 0.6) is 0 Å². The molecule has 3 heteroatoms. The first-order chi connectivity index (χ1) is 4.38. The molecule has 0 spiro atoms. The fourth-order valence-electron chi connectivity index (χ4n) is 0.934. The second-order valence-corrected chi connectivity index (χ2v) is 2.07. The first kappa shape index (κ1) is 4.61. The second-order valence-electron chi connectivity index (χ2n) is 2.07. The molecule has 0 amide bonds. The van der Waals surface area contributed by atoms with Gasteiger partial charge in [0.05, 0.1) is 6.20 Å². The van der Waals surface area contributed by atoms with Gasteiger partial charge in [-0.3, -0.25) is 4.40 Å². The third-order valence-corrected chi connectivity index (χ3v) is 1.46. The van der Waals surface area contributed by atoms with Gasteiger partial charge in [-0.25, -0.2) is 4.98 Å². The molecule has 0 bridgehead atoms. The average Bonchev–Trinajstić information content (AvgIpc) is 2.35. The van der Waals surface area contributed by atoms with Crippen LogP contribution in [0.15, 0.2) is 24.9 Å². The predicted molar refractivity (Wildman–Crippen MR) is 34.2 cm³/mol. The molecule has 0 saturated carbocycles. The van der Waals surface area contributed by atoms with E-state index in [1.807, 2.05) is 34.6 Å². The van der Waals surface area contributed by atoms with Crippen molar-refractivity contribution in [3.8, 4) is 0 Å². The first-order valence-electron chi connectivity index (χ1n) is 2.81. The maximum atomic E-state index is 3.96. The van der Waals surface area contributed by atoms with Crippen molar-refractivity contribution >= 4 is 5.65 Å². The minimum atomic E-state index is 1.12. The van der Waals surface area contributed by atoms with Crippen molar-refractivity contribution in [2.75, 3.05) is 0 Å². The van der Waals surface area contributed by atoms with Crippen molar-refractivity contribution in [3.63, 3.8) is 0 Å². The Labute approximate surface area is 52.6 Å². The van der Waals surface area contributed by atoms with Crippen LogP contribution in [-0.2, 0) is 7.05 Å². The fourth-order valence-corrected chi connectivity index (χ4v) is 0.934. The molecule has 0 aliphatic carbocycles. The molecule has 46 valence electrons. The van der Waals surface area contributed by atoms with E-state index < -0.39 is 0 Å². The minimum Gasteiger partial charge on any atom is -0.334 e. The largest absolute Gasteiger partial charge is 0.334 e. The number of hydrogen-bond acceptors (Lipinski definition) is 1. The Kier molecular flexibility index (Phi) is 0.704. The number of rotatable bonds is 0. The molecule has 2 rings (SSSR count). The molecule has 9 heavy (non-hydrogen) atoms. The monoisotopic (exact) mass is 121 g/mol. The molecule has 0 N–H and O–H groups in total. The number of aromatic nitrogens is 3. The summed E-state index contributed by atoms with van der Waals surface area (Å²) in [5.74, 6) is 0. The number of hydrogen-bond donors (Lipinski definition) is 0. The Morgan fingerprint density at radius 3 is 3.11 bits per heavy atom. The highest BCUT2D eigenvalue weighted by atomic mass is 15.1. The van der Waals surface area contributed by atoms with E-state index in [1.54, 1.807) is 6.33 Å². The highest BCUT2D eigenvalue weighted by molar-refractivity contribution is 5.36. The molecule has 2 heterocycles. The van der Waals surface area contributed by atoms with Crippen molar-refractivity contribution in [1.29, 1.82) is 0 Å². The van der Waals surface area contributed by atoms with Gasteiger partial charge >= 0.3 is 0 Å². The minimum absolute atomic E-state index is 1.12. The summed E-state index contributed by atoms with van der Waals surface area (Å²) >= 11 is 0. The zero-order valence-electron chi connectivity index (χ0n) is 5.15. The zero-order chi connectivity index (χ0) is 6.27. The zero-order valence-corrected chi connectivity index (χ0v) is 5.15. The third-order valence-electron chi connectivity index (χ3n) is 1.46. The van der Waals surface area contributed by atoms with Gasteiger partial charge in [-0.2, -0.15) is 0 Å². The molecule has 0 atom stereocenters. The summed E-state index contributed by atoms with van der Waals surface area (Å²) in [6.45, 7) is 0. The summed E-state index contributed by atoms with van der Waals surface area (Å²) in [5.41, 5.74) is 1.12.